The van der Waals surface area contributed by atoms with Crippen LogP contribution in [0.5, 0.6) is 5.75 Å². The number of nitrogens with zero attached hydrogens (tertiary/aromatic N) is 2. The van der Waals surface area contributed by atoms with Gasteiger partial charge in [-0.05, 0) is 24.3 Å². The maximum Gasteiger partial charge on any atom is 0.230 e. The van der Waals surface area contributed by atoms with Gasteiger partial charge in [-0.15, -0.1) is 0 Å². The first-order chi connectivity index (χ1) is 12.1. The van der Waals surface area contributed by atoms with Crippen molar-refractivity contribution in [3.05, 3.63) is 72.4 Å². The van der Waals surface area contributed by atoms with E-state index in [9.17, 15) is 14.3 Å². The zero-order valence-electron chi connectivity index (χ0n) is 13.1. The second-order valence-electron chi connectivity index (χ2n) is 5.75. The predicted molar refractivity (Wildman–Crippen MR) is 93.1 cm³/mol. The van der Waals surface area contributed by atoms with Gasteiger partial charge in [0.05, 0.1) is 12.1 Å². The van der Waals surface area contributed by atoms with Crippen LogP contribution in [0.4, 0.5) is 10.1 Å². The largest absolute Gasteiger partial charge is 0.507 e. The molecule has 124 valence electrons. The highest BCUT2D eigenvalue weighted by Gasteiger charge is 2.11. The third-order valence-corrected chi connectivity index (χ3v) is 3.98. The molecule has 0 saturated heterocycles. The number of hydrogen-bond donors (Lipinski definition) is 2. The summed E-state index contributed by atoms with van der Waals surface area (Å²) >= 11 is 0. The summed E-state index contributed by atoms with van der Waals surface area (Å²) in [7, 11) is 0. The third-order valence-electron chi connectivity index (χ3n) is 3.98. The number of carbonyl (C=O) groups excluding carboxylic acids is 1. The Labute approximate surface area is 142 Å². The molecule has 0 spiro atoms. The van der Waals surface area contributed by atoms with E-state index >= 15 is 0 Å². The summed E-state index contributed by atoms with van der Waals surface area (Å²) in [6, 6.07) is 13.4. The Morgan fingerprint density at radius 1 is 1.08 bits per heavy atom. The van der Waals surface area contributed by atoms with Crippen molar-refractivity contribution in [2.45, 2.75) is 6.42 Å². The summed E-state index contributed by atoms with van der Waals surface area (Å²) in [5.41, 5.74) is 1.75. The van der Waals surface area contributed by atoms with Crippen LogP contribution in [0.25, 0.3) is 16.4 Å². The van der Waals surface area contributed by atoms with E-state index in [1.54, 1.807) is 47.0 Å². The Morgan fingerprint density at radius 2 is 1.88 bits per heavy atom. The van der Waals surface area contributed by atoms with Crippen LogP contribution >= 0.6 is 0 Å². The van der Waals surface area contributed by atoms with Gasteiger partial charge in [-0.3, -0.25) is 4.79 Å². The fraction of sp³-hybridized carbons (Fsp3) is 0.0526. The molecule has 4 rings (SSSR count). The first-order valence-electron chi connectivity index (χ1n) is 7.74. The number of fused-ring (bicyclic) bond motifs is 2. The zero-order chi connectivity index (χ0) is 17.4. The lowest BCUT2D eigenvalue weighted by Crippen LogP contribution is -2.14. The number of aromatic hydroxyl groups is 1. The van der Waals surface area contributed by atoms with Gasteiger partial charge in [0.1, 0.15) is 17.2 Å². The van der Waals surface area contributed by atoms with Crippen LogP contribution in [0.3, 0.4) is 0 Å². The van der Waals surface area contributed by atoms with Crippen molar-refractivity contribution in [1.29, 1.82) is 0 Å². The van der Waals surface area contributed by atoms with E-state index in [4.69, 9.17) is 0 Å². The van der Waals surface area contributed by atoms with Gasteiger partial charge < -0.3 is 14.8 Å². The smallest absolute Gasteiger partial charge is 0.230 e. The second kappa shape index (κ2) is 5.90. The maximum absolute atomic E-state index is 13.2. The van der Waals surface area contributed by atoms with Gasteiger partial charge in [-0.25, -0.2) is 9.37 Å². The van der Waals surface area contributed by atoms with Crippen molar-refractivity contribution in [2.24, 2.45) is 0 Å². The van der Waals surface area contributed by atoms with Crippen LogP contribution in [0.2, 0.25) is 0 Å². The maximum atomic E-state index is 13.2. The van der Waals surface area contributed by atoms with Crippen LogP contribution in [0.1, 0.15) is 5.69 Å². The monoisotopic (exact) mass is 335 g/mol. The molecule has 0 radical (unpaired) electrons. The minimum atomic E-state index is -0.364. The summed E-state index contributed by atoms with van der Waals surface area (Å²) < 4.78 is 14.8. The molecule has 2 heterocycles. The number of phenols is 1. The first kappa shape index (κ1) is 15.1. The Kier molecular flexibility index (Phi) is 3.57. The molecule has 0 saturated carbocycles. The van der Waals surface area contributed by atoms with Gasteiger partial charge >= 0.3 is 0 Å². The van der Waals surface area contributed by atoms with Crippen LogP contribution in [0, 0.1) is 5.82 Å². The van der Waals surface area contributed by atoms with E-state index in [1.807, 2.05) is 6.07 Å². The number of imidazole rings is 1. The van der Waals surface area contributed by atoms with Crippen molar-refractivity contribution in [3.8, 4) is 5.75 Å². The quantitative estimate of drug-likeness (QED) is 0.602. The lowest BCUT2D eigenvalue weighted by molar-refractivity contribution is -0.115. The van der Waals surface area contributed by atoms with E-state index < -0.39 is 0 Å². The molecule has 0 unspecified atom stereocenters. The number of amides is 1. The molecule has 2 aromatic heterocycles. The first-order valence-corrected chi connectivity index (χ1v) is 7.74. The molecule has 0 atom stereocenters. The third kappa shape index (κ3) is 2.89. The minimum absolute atomic E-state index is 0.0680. The highest BCUT2D eigenvalue weighted by molar-refractivity contribution is 6.04. The van der Waals surface area contributed by atoms with Gasteiger partial charge in [0.25, 0.3) is 0 Å². The minimum Gasteiger partial charge on any atom is -0.507 e. The zero-order valence-corrected chi connectivity index (χ0v) is 13.1. The van der Waals surface area contributed by atoms with Gasteiger partial charge in [-0.2, -0.15) is 0 Å². The van der Waals surface area contributed by atoms with Gasteiger partial charge in [0, 0.05) is 28.9 Å². The summed E-state index contributed by atoms with van der Waals surface area (Å²) in [6.07, 6.45) is 3.02. The number of anilines is 1. The van der Waals surface area contributed by atoms with E-state index in [2.05, 4.69) is 10.3 Å². The molecule has 6 heteroatoms. The summed E-state index contributed by atoms with van der Waals surface area (Å²) in [5.74, 6) is -0.438. The van der Waals surface area contributed by atoms with Crippen molar-refractivity contribution < 1.29 is 14.3 Å². The average molecular weight is 335 g/mol. The predicted octanol–water partition coefficient (Wildman–Crippen LogP) is 3.51. The number of nitrogens with one attached hydrogen (secondary N) is 1. The number of pyridine rings is 1. The number of rotatable bonds is 3. The molecule has 5 nitrogen and oxygen atoms in total. The molecular formula is C19H14FN3O2. The van der Waals surface area contributed by atoms with Gasteiger partial charge in [0.15, 0.2) is 0 Å². The van der Waals surface area contributed by atoms with E-state index in [-0.39, 0.29) is 23.9 Å². The standard InChI is InChI=1S/C19H14FN3O2/c20-12-7-8-18-21-13(11-23(18)10-12)9-19(25)22-16-5-1-4-15-14(16)3-2-6-17(15)24/h1-8,10-11,24H,9H2,(H,22,25). The van der Waals surface area contributed by atoms with Crippen molar-refractivity contribution in [2.75, 3.05) is 5.32 Å². The molecular weight excluding hydrogens is 321 g/mol. The van der Waals surface area contributed by atoms with Crippen molar-refractivity contribution >= 4 is 28.0 Å². The molecule has 25 heavy (non-hydrogen) atoms. The topological polar surface area (TPSA) is 66.6 Å². The van der Waals surface area contributed by atoms with Crippen molar-refractivity contribution in [1.82, 2.24) is 9.38 Å². The fourth-order valence-corrected chi connectivity index (χ4v) is 2.86. The van der Waals surface area contributed by atoms with E-state index in [0.29, 0.717) is 22.4 Å². The van der Waals surface area contributed by atoms with Crippen LogP contribution in [-0.2, 0) is 11.2 Å². The number of hydrogen-bond acceptors (Lipinski definition) is 3. The van der Waals surface area contributed by atoms with Crippen LogP contribution in [0.15, 0.2) is 60.9 Å². The van der Waals surface area contributed by atoms with Crippen molar-refractivity contribution in [3.63, 3.8) is 0 Å². The molecule has 1 amide bonds. The van der Waals surface area contributed by atoms with Gasteiger partial charge in [0.2, 0.25) is 5.91 Å². The normalized spacial score (nSPS) is 11.1. The lowest BCUT2D eigenvalue weighted by Gasteiger charge is -2.09. The number of carbonyl (C=O) groups is 1. The molecule has 0 aliphatic rings. The molecule has 0 aliphatic heterocycles. The van der Waals surface area contributed by atoms with E-state index in [0.717, 1.165) is 5.39 Å². The highest BCUT2D eigenvalue weighted by Crippen LogP contribution is 2.29. The Morgan fingerprint density at radius 3 is 2.76 bits per heavy atom. The molecule has 0 fully saturated rings. The number of halogens is 1. The Bertz CT molecular complexity index is 1100. The molecule has 2 aromatic carbocycles. The lowest BCUT2D eigenvalue weighted by atomic mass is 10.1. The molecule has 2 N–H and O–H groups in total. The highest BCUT2D eigenvalue weighted by atomic mass is 19.1. The summed E-state index contributed by atoms with van der Waals surface area (Å²) in [4.78, 5) is 16.7. The van der Waals surface area contributed by atoms with Gasteiger partial charge in [-0.1, -0.05) is 24.3 Å². The Hall–Kier alpha value is -3.41. The SMILES string of the molecule is O=C(Cc1cn2cc(F)ccc2n1)Nc1cccc2c(O)cccc12. The Balaban J connectivity index is 1.58. The molecule has 0 aliphatic carbocycles. The summed E-state index contributed by atoms with van der Waals surface area (Å²) in [5, 5.41) is 14.2. The fourth-order valence-electron chi connectivity index (χ4n) is 2.86. The molecule has 4 aromatic rings. The van der Waals surface area contributed by atoms with E-state index in [1.165, 1.54) is 12.3 Å². The number of benzene rings is 2. The van der Waals surface area contributed by atoms with Crippen LogP contribution in [-0.4, -0.2) is 20.4 Å². The number of aromatic nitrogens is 2. The average Bonchev–Trinajstić information content (AvgIpc) is 2.97. The summed E-state index contributed by atoms with van der Waals surface area (Å²) in [6.45, 7) is 0. The van der Waals surface area contributed by atoms with Crippen LogP contribution < -0.4 is 5.32 Å². The molecule has 0 bridgehead atoms. The second-order valence-corrected chi connectivity index (χ2v) is 5.75. The number of phenolic OH excluding ortho intramolecular Hbond substituents is 1.